The first-order valence-electron chi connectivity index (χ1n) is 6.74. The Morgan fingerprint density at radius 2 is 2.05 bits per heavy atom. The first-order valence-corrected chi connectivity index (χ1v) is 6.74. The maximum atomic E-state index is 11.9. The van der Waals surface area contributed by atoms with Gasteiger partial charge in [0.25, 0.3) is 5.91 Å². The lowest BCUT2D eigenvalue weighted by Crippen LogP contribution is -2.26. The van der Waals surface area contributed by atoms with Crippen molar-refractivity contribution >= 4 is 11.9 Å². The van der Waals surface area contributed by atoms with Crippen molar-refractivity contribution in [2.24, 2.45) is 0 Å². The molecule has 6 nitrogen and oxygen atoms in total. The fourth-order valence-corrected chi connectivity index (χ4v) is 1.80. The lowest BCUT2D eigenvalue weighted by molar-refractivity contribution is -0.142. The second-order valence-corrected chi connectivity index (χ2v) is 4.31. The summed E-state index contributed by atoms with van der Waals surface area (Å²) in [6.45, 7) is 2.36. The molecule has 1 amide bonds. The first kappa shape index (κ1) is 14.8. The van der Waals surface area contributed by atoms with Gasteiger partial charge < -0.3 is 10.1 Å². The summed E-state index contributed by atoms with van der Waals surface area (Å²) >= 11 is 0. The molecule has 0 aliphatic carbocycles. The average molecular weight is 287 g/mol. The predicted octanol–water partition coefficient (Wildman–Crippen LogP) is 1.56. The van der Waals surface area contributed by atoms with Gasteiger partial charge in [-0.1, -0.05) is 0 Å². The van der Waals surface area contributed by atoms with Crippen molar-refractivity contribution in [3.63, 3.8) is 0 Å². The van der Waals surface area contributed by atoms with Crippen LogP contribution in [0, 0.1) is 0 Å². The van der Waals surface area contributed by atoms with Crippen molar-refractivity contribution in [3.8, 4) is 5.69 Å². The van der Waals surface area contributed by atoms with Crippen LogP contribution in [0.3, 0.4) is 0 Å². The van der Waals surface area contributed by atoms with Gasteiger partial charge in [0.15, 0.2) is 0 Å². The number of rotatable bonds is 6. The highest BCUT2D eigenvalue weighted by atomic mass is 16.5. The van der Waals surface area contributed by atoms with Crippen LogP contribution >= 0.6 is 0 Å². The maximum Gasteiger partial charge on any atom is 0.307 e. The summed E-state index contributed by atoms with van der Waals surface area (Å²) in [5, 5.41) is 6.79. The summed E-state index contributed by atoms with van der Waals surface area (Å²) in [7, 11) is 0. The molecule has 110 valence electrons. The minimum atomic E-state index is -0.313. The van der Waals surface area contributed by atoms with E-state index in [0.29, 0.717) is 12.2 Å². The third kappa shape index (κ3) is 4.17. The number of hydrogen-bond donors (Lipinski definition) is 1. The highest BCUT2D eigenvalue weighted by Gasteiger charge is 2.07. The zero-order valence-corrected chi connectivity index (χ0v) is 11.8. The van der Waals surface area contributed by atoms with E-state index in [4.69, 9.17) is 4.74 Å². The second-order valence-electron chi connectivity index (χ2n) is 4.31. The summed E-state index contributed by atoms with van der Waals surface area (Å²) in [4.78, 5) is 23.1. The number of hydrogen-bond acceptors (Lipinski definition) is 4. The van der Waals surface area contributed by atoms with Crippen molar-refractivity contribution < 1.29 is 14.3 Å². The number of nitrogens with one attached hydrogen (secondary N) is 1. The minimum absolute atomic E-state index is 0.172. The lowest BCUT2D eigenvalue weighted by Gasteiger charge is -2.06. The van der Waals surface area contributed by atoms with Gasteiger partial charge in [-0.2, -0.15) is 5.10 Å². The molecule has 0 atom stereocenters. The third-order valence-corrected chi connectivity index (χ3v) is 2.82. The Morgan fingerprint density at radius 1 is 1.29 bits per heavy atom. The number of carbonyl (C=O) groups is 2. The molecule has 1 aromatic carbocycles. The summed E-state index contributed by atoms with van der Waals surface area (Å²) in [5.74, 6) is -0.529. The van der Waals surface area contributed by atoms with Crippen LogP contribution in [0.1, 0.15) is 23.7 Å². The van der Waals surface area contributed by atoms with Crippen LogP contribution in [0.2, 0.25) is 0 Å². The summed E-state index contributed by atoms with van der Waals surface area (Å²) in [6.07, 6.45) is 3.69. The Balaban J connectivity index is 1.87. The molecular formula is C15H17N3O3. The molecule has 0 aliphatic rings. The van der Waals surface area contributed by atoms with Crippen molar-refractivity contribution in [2.75, 3.05) is 13.2 Å². The van der Waals surface area contributed by atoms with E-state index < -0.39 is 0 Å². The van der Waals surface area contributed by atoms with E-state index in [1.165, 1.54) is 0 Å². The molecule has 0 spiro atoms. The molecular weight excluding hydrogens is 270 g/mol. The molecule has 1 aromatic heterocycles. The molecule has 0 saturated heterocycles. The van der Waals surface area contributed by atoms with Gasteiger partial charge in [0.1, 0.15) is 0 Å². The lowest BCUT2D eigenvalue weighted by atomic mass is 10.2. The van der Waals surface area contributed by atoms with E-state index in [-0.39, 0.29) is 24.8 Å². The van der Waals surface area contributed by atoms with Crippen LogP contribution in [0.4, 0.5) is 0 Å². The Morgan fingerprint density at radius 3 is 2.67 bits per heavy atom. The van der Waals surface area contributed by atoms with Gasteiger partial charge in [0.2, 0.25) is 0 Å². The smallest absolute Gasteiger partial charge is 0.307 e. The monoisotopic (exact) mass is 287 g/mol. The van der Waals surface area contributed by atoms with Crippen LogP contribution < -0.4 is 5.32 Å². The maximum absolute atomic E-state index is 11.9. The SMILES string of the molecule is CCOC(=O)CCNC(=O)c1ccc(-n2cccn2)cc1. The fraction of sp³-hybridized carbons (Fsp3) is 0.267. The van der Waals surface area contributed by atoms with Crippen LogP contribution in [0.25, 0.3) is 5.69 Å². The molecule has 0 radical (unpaired) electrons. The highest BCUT2D eigenvalue weighted by Crippen LogP contribution is 2.08. The Labute approximate surface area is 122 Å². The molecule has 6 heteroatoms. The zero-order valence-electron chi connectivity index (χ0n) is 11.8. The summed E-state index contributed by atoms with van der Waals surface area (Å²) < 4.78 is 6.50. The normalized spacial score (nSPS) is 10.1. The third-order valence-electron chi connectivity index (χ3n) is 2.82. The topological polar surface area (TPSA) is 73.2 Å². The average Bonchev–Trinajstić information content (AvgIpc) is 3.02. The molecule has 0 saturated carbocycles. The quantitative estimate of drug-likeness (QED) is 0.818. The van der Waals surface area contributed by atoms with Crippen molar-refractivity contribution in [1.29, 1.82) is 0 Å². The van der Waals surface area contributed by atoms with Gasteiger partial charge in [-0.3, -0.25) is 9.59 Å². The van der Waals surface area contributed by atoms with E-state index in [1.54, 1.807) is 29.9 Å². The van der Waals surface area contributed by atoms with E-state index >= 15 is 0 Å². The Hall–Kier alpha value is -2.63. The molecule has 0 bridgehead atoms. The number of carbonyl (C=O) groups excluding carboxylic acids is 2. The van der Waals surface area contributed by atoms with Gasteiger partial charge in [0, 0.05) is 24.5 Å². The van der Waals surface area contributed by atoms with Gasteiger partial charge in [-0.05, 0) is 37.3 Å². The molecule has 0 unspecified atom stereocenters. The van der Waals surface area contributed by atoms with Crippen LogP contribution in [-0.2, 0) is 9.53 Å². The van der Waals surface area contributed by atoms with Gasteiger partial charge in [0.05, 0.1) is 18.7 Å². The van der Waals surface area contributed by atoms with E-state index in [0.717, 1.165) is 5.69 Å². The van der Waals surface area contributed by atoms with E-state index in [2.05, 4.69) is 10.4 Å². The molecule has 2 rings (SSSR count). The van der Waals surface area contributed by atoms with Gasteiger partial charge in [-0.15, -0.1) is 0 Å². The summed E-state index contributed by atoms with van der Waals surface area (Å²) in [6, 6.07) is 8.89. The Kier molecular flexibility index (Phi) is 5.09. The largest absolute Gasteiger partial charge is 0.466 e. The second kappa shape index (κ2) is 7.23. The molecule has 1 heterocycles. The molecule has 2 aromatic rings. The Bertz CT molecular complexity index is 591. The summed E-state index contributed by atoms with van der Waals surface area (Å²) in [5.41, 5.74) is 1.41. The fourth-order valence-electron chi connectivity index (χ4n) is 1.80. The molecule has 0 aliphatic heterocycles. The van der Waals surface area contributed by atoms with Gasteiger partial charge >= 0.3 is 5.97 Å². The van der Waals surface area contributed by atoms with Crippen molar-refractivity contribution in [1.82, 2.24) is 15.1 Å². The zero-order chi connectivity index (χ0) is 15.1. The van der Waals surface area contributed by atoms with Gasteiger partial charge in [-0.25, -0.2) is 4.68 Å². The van der Waals surface area contributed by atoms with Crippen LogP contribution in [0.15, 0.2) is 42.7 Å². The van der Waals surface area contributed by atoms with Crippen molar-refractivity contribution in [3.05, 3.63) is 48.3 Å². The minimum Gasteiger partial charge on any atom is -0.466 e. The van der Waals surface area contributed by atoms with E-state index in [9.17, 15) is 9.59 Å². The van der Waals surface area contributed by atoms with Crippen LogP contribution in [-0.4, -0.2) is 34.8 Å². The highest BCUT2D eigenvalue weighted by molar-refractivity contribution is 5.94. The number of benzene rings is 1. The standard InChI is InChI=1S/C15H17N3O3/c1-2-21-14(19)8-10-16-15(20)12-4-6-13(7-5-12)18-11-3-9-17-18/h3-7,9,11H,2,8,10H2,1H3,(H,16,20). The first-order chi connectivity index (χ1) is 10.2. The molecule has 21 heavy (non-hydrogen) atoms. The van der Waals surface area contributed by atoms with Crippen molar-refractivity contribution in [2.45, 2.75) is 13.3 Å². The number of nitrogens with zero attached hydrogens (tertiary/aromatic N) is 2. The van der Waals surface area contributed by atoms with E-state index in [1.807, 2.05) is 24.4 Å². The number of aromatic nitrogens is 2. The number of ether oxygens (including phenoxy) is 1. The predicted molar refractivity (Wildman–Crippen MR) is 77.1 cm³/mol. The number of esters is 1. The molecule has 0 fully saturated rings. The number of amides is 1. The molecule has 1 N–H and O–H groups in total. The van der Waals surface area contributed by atoms with Crippen LogP contribution in [0.5, 0.6) is 0 Å².